The number of aliphatic hydroxyl groups excluding tert-OH is 1. The summed E-state index contributed by atoms with van der Waals surface area (Å²) >= 11 is 1.74. The zero-order valence-electron chi connectivity index (χ0n) is 11.6. The summed E-state index contributed by atoms with van der Waals surface area (Å²) < 4.78 is 0. The van der Waals surface area contributed by atoms with E-state index < -0.39 is 0 Å². The maximum absolute atomic E-state index is 8.91. The van der Waals surface area contributed by atoms with E-state index in [9.17, 15) is 0 Å². The fourth-order valence-electron chi connectivity index (χ4n) is 1.68. The lowest BCUT2D eigenvalue weighted by Gasteiger charge is -2.12. The van der Waals surface area contributed by atoms with Crippen LogP contribution >= 0.6 is 11.8 Å². The Bertz CT molecular complexity index is 358. The van der Waals surface area contributed by atoms with Gasteiger partial charge in [0.25, 0.3) is 0 Å². The largest absolute Gasteiger partial charge is 0.396 e. The lowest BCUT2D eigenvalue weighted by atomic mass is 10.2. The minimum atomic E-state index is 0.242. The molecule has 0 spiro atoms. The van der Waals surface area contributed by atoms with Gasteiger partial charge in [-0.2, -0.15) is 0 Å². The van der Waals surface area contributed by atoms with E-state index in [1.165, 1.54) is 11.1 Å². The molecular weight excluding hydrogens is 244 g/mol. The summed E-state index contributed by atoms with van der Waals surface area (Å²) in [5.41, 5.74) is 2.46. The van der Waals surface area contributed by atoms with Gasteiger partial charge in [0.1, 0.15) is 0 Å². The number of aryl methyl sites for hydroxylation is 1. The average Bonchev–Trinajstić information content (AvgIpc) is 2.33. The molecule has 0 saturated carbocycles. The van der Waals surface area contributed by atoms with Crippen molar-refractivity contribution in [2.45, 2.75) is 50.4 Å². The Morgan fingerprint density at radius 2 is 2.28 bits per heavy atom. The van der Waals surface area contributed by atoms with Gasteiger partial charge in [0.15, 0.2) is 0 Å². The van der Waals surface area contributed by atoms with Crippen LogP contribution in [0.5, 0.6) is 0 Å². The molecular formula is C14H24N2OS. The summed E-state index contributed by atoms with van der Waals surface area (Å²) in [7, 11) is 0. The highest BCUT2D eigenvalue weighted by molar-refractivity contribution is 7.99. The summed E-state index contributed by atoms with van der Waals surface area (Å²) in [6, 6.07) is 2.20. The van der Waals surface area contributed by atoms with Gasteiger partial charge in [0.05, 0.1) is 5.03 Å². The second-order valence-corrected chi connectivity index (χ2v) is 6.01. The molecule has 0 aromatic carbocycles. The number of nitrogens with zero attached hydrogens (tertiary/aromatic N) is 1. The third kappa shape index (κ3) is 5.38. The Balaban J connectivity index is 2.56. The van der Waals surface area contributed by atoms with Gasteiger partial charge in [-0.3, -0.25) is 0 Å². The van der Waals surface area contributed by atoms with E-state index in [1.54, 1.807) is 11.8 Å². The molecule has 0 fully saturated rings. The zero-order chi connectivity index (χ0) is 13.4. The molecule has 1 atom stereocenters. The van der Waals surface area contributed by atoms with Crippen LogP contribution in [0.4, 0.5) is 0 Å². The molecule has 2 N–H and O–H groups in total. The molecule has 0 aliphatic heterocycles. The van der Waals surface area contributed by atoms with E-state index in [0.717, 1.165) is 31.0 Å². The van der Waals surface area contributed by atoms with E-state index in [2.05, 4.69) is 37.1 Å². The van der Waals surface area contributed by atoms with Crippen LogP contribution in [0, 0.1) is 6.92 Å². The Hall–Kier alpha value is -0.580. The molecule has 18 heavy (non-hydrogen) atoms. The fourth-order valence-corrected chi connectivity index (χ4v) is 2.64. The van der Waals surface area contributed by atoms with Crippen molar-refractivity contribution in [1.82, 2.24) is 10.3 Å². The highest BCUT2D eigenvalue weighted by Gasteiger charge is 2.08. The van der Waals surface area contributed by atoms with Crippen LogP contribution in [-0.4, -0.2) is 28.5 Å². The maximum Gasteiger partial charge on any atom is 0.0991 e. The van der Waals surface area contributed by atoms with Crippen LogP contribution in [0.3, 0.4) is 0 Å². The third-order valence-electron chi connectivity index (χ3n) is 2.69. The molecule has 4 heteroatoms. The average molecular weight is 268 g/mol. The molecule has 1 aromatic heterocycles. The van der Waals surface area contributed by atoms with Crippen LogP contribution in [0.1, 0.15) is 37.8 Å². The van der Waals surface area contributed by atoms with Crippen molar-refractivity contribution in [2.24, 2.45) is 0 Å². The first-order valence-electron chi connectivity index (χ1n) is 6.61. The van der Waals surface area contributed by atoms with Crippen LogP contribution in [-0.2, 0) is 6.54 Å². The lowest BCUT2D eigenvalue weighted by molar-refractivity contribution is 0.289. The van der Waals surface area contributed by atoms with E-state index in [-0.39, 0.29) is 6.61 Å². The molecule has 1 heterocycles. The maximum atomic E-state index is 8.91. The number of hydrogen-bond acceptors (Lipinski definition) is 4. The van der Waals surface area contributed by atoms with Crippen molar-refractivity contribution >= 4 is 11.8 Å². The van der Waals surface area contributed by atoms with Gasteiger partial charge in [-0.1, -0.05) is 19.9 Å². The molecule has 1 unspecified atom stereocenters. The van der Waals surface area contributed by atoms with Gasteiger partial charge < -0.3 is 10.4 Å². The highest BCUT2D eigenvalue weighted by atomic mass is 32.2. The van der Waals surface area contributed by atoms with Crippen molar-refractivity contribution in [1.29, 1.82) is 0 Å². The number of thioether (sulfide) groups is 1. The summed E-state index contributed by atoms with van der Waals surface area (Å²) in [6.07, 6.45) is 3.91. The van der Waals surface area contributed by atoms with Gasteiger partial charge in [-0.25, -0.2) is 4.98 Å². The van der Waals surface area contributed by atoms with Crippen LogP contribution in [0.25, 0.3) is 0 Å². The molecule has 0 amide bonds. The van der Waals surface area contributed by atoms with Crippen molar-refractivity contribution in [3.63, 3.8) is 0 Å². The Morgan fingerprint density at radius 3 is 2.89 bits per heavy atom. The predicted octanol–water partition coefficient (Wildman–Crippen LogP) is 2.75. The normalized spacial score (nSPS) is 12.7. The van der Waals surface area contributed by atoms with Crippen molar-refractivity contribution in [3.8, 4) is 0 Å². The number of nitrogens with one attached hydrogen (secondary N) is 1. The lowest BCUT2D eigenvalue weighted by Crippen LogP contribution is -2.14. The molecule has 1 rings (SSSR count). The number of pyridine rings is 1. The van der Waals surface area contributed by atoms with E-state index in [4.69, 9.17) is 5.11 Å². The first-order chi connectivity index (χ1) is 8.67. The van der Waals surface area contributed by atoms with E-state index in [0.29, 0.717) is 5.25 Å². The quantitative estimate of drug-likeness (QED) is 0.562. The number of hydrogen-bond donors (Lipinski definition) is 2. The summed E-state index contributed by atoms with van der Waals surface area (Å²) in [4.78, 5) is 4.52. The third-order valence-corrected chi connectivity index (χ3v) is 3.98. The molecule has 0 radical (unpaired) electrons. The second kappa shape index (κ2) is 8.51. The Labute approximate surface area is 114 Å². The van der Waals surface area contributed by atoms with Gasteiger partial charge in [-0.05, 0) is 37.4 Å². The summed E-state index contributed by atoms with van der Waals surface area (Å²) in [5, 5.41) is 13.8. The van der Waals surface area contributed by atoms with Gasteiger partial charge >= 0.3 is 0 Å². The van der Waals surface area contributed by atoms with Gasteiger partial charge in [-0.15, -0.1) is 11.8 Å². The minimum Gasteiger partial charge on any atom is -0.396 e. The molecule has 102 valence electrons. The number of rotatable bonds is 8. The minimum absolute atomic E-state index is 0.242. The van der Waals surface area contributed by atoms with E-state index in [1.807, 2.05) is 6.20 Å². The number of aliphatic hydroxyl groups is 1. The smallest absolute Gasteiger partial charge is 0.0991 e. The predicted molar refractivity (Wildman–Crippen MR) is 78.0 cm³/mol. The van der Waals surface area contributed by atoms with Crippen LogP contribution in [0.15, 0.2) is 17.3 Å². The zero-order valence-corrected chi connectivity index (χ0v) is 12.4. The first-order valence-corrected chi connectivity index (χ1v) is 7.49. The topological polar surface area (TPSA) is 45.2 Å². The van der Waals surface area contributed by atoms with Crippen LogP contribution in [0.2, 0.25) is 0 Å². The highest BCUT2D eigenvalue weighted by Crippen LogP contribution is 2.26. The molecule has 0 aliphatic rings. The molecule has 0 saturated heterocycles. The number of aromatic nitrogens is 1. The van der Waals surface area contributed by atoms with Crippen LogP contribution < -0.4 is 5.32 Å². The molecule has 0 bridgehead atoms. The summed E-state index contributed by atoms with van der Waals surface area (Å²) in [6.45, 7) is 8.57. The standard InChI is InChI=1S/C14H24N2OS/c1-4-6-15-9-13-8-11(2)14(16-10-13)18-12(3)5-7-17/h8,10,12,15,17H,4-7,9H2,1-3H3. The Kier molecular flexibility index (Phi) is 7.32. The van der Waals surface area contributed by atoms with Crippen molar-refractivity contribution < 1.29 is 5.11 Å². The van der Waals surface area contributed by atoms with E-state index >= 15 is 0 Å². The second-order valence-electron chi connectivity index (χ2n) is 4.58. The van der Waals surface area contributed by atoms with Gasteiger partial charge in [0.2, 0.25) is 0 Å². The first kappa shape index (κ1) is 15.5. The molecule has 0 aliphatic carbocycles. The fraction of sp³-hybridized carbons (Fsp3) is 0.643. The Morgan fingerprint density at radius 1 is 1.50 bits per heavy atom. The monoisotopic (exact) mass is 268 g/mol. The van der Waals surface area contributed by atoms with Gasteiger partial charge in [0, 0.05) is 24.6 Å². The molecule has 3 nitrogen and oxygen atoms in total. The summed E-state index contributed by atoms with van der Waals surface area (Å²) in [5.74, 6) is 0. The van der Waals surface area contributed by atoms with Crippen molar-refractivity contribution in [2.75, 3.05) is 13.2 Å². The SMILES string of the molecule is CCCNCc1cnc(SC(C)CCO)c(C)c1. The van der Waals surface area contributed by atoms with Crippen molar-refractivity contribution in [3.05, 3.63) is 23.4 Å². The molecule has 1 aromatic rings.